The molecule has 1 unspecified atom stereocenters. The number of hydrogen-bond acceptors (Lipinski definition) is 4. The van der Waals surface area contributed by atoms with E-state index in [-0.39, 0.29) is 0 Å². The van der Waals surface area contributed by atoms with Crippen molar-refractivity contribution in [1.29, 1.82) is 0 Å². The van der Waals surface area contributed by atoms with Crippen LogP contribution in [0.3, 0.4) is 0 Å². The number of nitrogens with one attached hydrogen (secondary N) is 1. The van der Waals surface area contributed by atoms with E-state index in [0.717, 1.165) is 12.5 Å². The quantitative estimate of drug-likeness (QED) is 0.803. The van der Waals surface area contributed by atoms with Gasteiger partial charge in [0.1, 0.15) is 0 Å². The van der Waals surface area contributed by atoms with E-state index in [1.807, 2.05) is 5.51 Å². The van der Waals surface area contributed by atoms with Gasteiger partial charge in [0.25, 0.3) is 0 Å². The van der Waals surface area contributed by atoms with Crippen LogP contribution in [0.1, 0.15) is 44.8 Å². The number of piperidine rings is 1. The highest BCUT2D eigenvalue weighted by atomic mass is 32.1. The van der Waals surface area contributed by atoms with Crippen molar-refractivity contribution in [3.63, 3.8) is 0 Å². The lowest BCUT2D eigenvalue weighted by Crippen LogP contribution is -2.35. The molecule has 1 N–H and O–H groups in total. The summed E-state index contributed by atoms with van der Waals surface area (Å²) >= 11 is 1.67. The van der Waals surface area contributed by atoms with Crippen LogP contribution in [0.5, 0.6) is 0 Å². The smallest absolute Gasteiger partial charge is 0.0795 e. The minimum atomic E-state index is 0.387. The van der Waals surface area contributed by atoms with E-state index in [4.69, 9.17) is 0 Å². The van der Waals surface area contributed by atoms with Gasteiger partial charge in [0, 0.05) is 11.4 Å². The summed E-state index contributed by atoms with van der Waals surface area (Å²) in [7, 11) is 0. The predicted molar refractivity (Wildman–Crippen MR) is 78.0 cm³/mol. The second-order valence-electron chi connectivity index (χ2n) is 5.47. The predicted octanol–water partition coefficient (Wildman–Crippen LogP) is 2.92. The van der Waals surface area contributed by atoms with E-state index in [1.165, 1.54) is 44.6 Å². The Hall–Kier alpha value is -0.450. The third-order valence-electron chi connectivity index (χ3n) is 3.87. The number of nitrogens with zero attached hydrogens (tertiary/aromatic N) is 2. The van der Waals surface area contributed by atoms with Gasteiger partial charge >= 0.3 is 0 Å². The maximum absolute atomic E-state index is 4.34. The van der Waals surface area contributed by atoms with Crippen LogP contribution in [-0.4, -0.2) is 36.1 Å². The van der Waals surface area contributed by atoms with E-state index in [0.29, 0.717) is 6.04 Å². The van der Waals surface area contributed by atoms with Gasteiger partial charge in [-0.3, -0.25) is 0 Å². The maximum atomic E-state index is 4.34. The Labute approximate surface area is 115 Å². The largest absolute Gasteiger partial charge is 0.309 e. The molecule has 1 saturated heterocycles. The normalized spacial score (nSPS) is 20.1. The Bertz CT molecular complexity index is 318. The summed E-state index contributed by atoms with van der Waals surface area (Å²) in [5.41, 5.74) is 3.08. The van der Waals surface area contributed by atoms with Crippen molar-refractivity contribution in [3.05, 3.63) is 16.6 Å². The molecule has 4 heteroatoms. The topological polar surface area (TPSA) is 28.2 Å². The number of rotatable bonds is 6. The lowest BCUT2D eigenvalue weighted by Gasteiger charge is -2.30. The molecule has 102 valence electrons. The highest BCUT2D eigenvalue weighted by molar-refractivity contribution is 7.07. The zero-order valence-corrected chi connectivity index (χ0v) is 12.4. The van der Waals surface area contributed by atoms with Gasteiger partial charge in [-0.25, -0.2) is 4.98 Å². The van der Waals surface area contributed by atoms with Crippen molar-refractivity contribution in [2.75, 3.05) is 26.2 Å². The van der Waals surface area contributed by atoms with E-state index < -0.39 is 0 Å². The van der Waals surface area contributed by atoms with Crippen molar-refractivity contribution in [2.24, 2.45) is 5.92 Å². The molecule has 0 amide bonds. The molecule has 0 saturated carbocycles. The zero-order valence-electron chi connectivity index (χ0n) is 11.6. The molecular weight excluding hydrogens is 242 g/mol. The van der Waals surface area contributed by atoms with Gasteiger partial charge in [-0.05, 0) is 58.3 Å². The first-order chi connectivity index (χ1) is 8.75. The van der Waals surface area contributed by atoms with E-state index in [1.54, 1.807) is 11.3 Å². The molecule has 0 aromatic carbocycles. The van der Waals surface area contributed by atoms with Crippen molar-refractivity contribution in [3.8, 4) is 0 Å². The van der Waals surface area contributed by atoms with Crippen LogP contribution in [0.2, 0.25) is 0 Å². The fourth-order valence-corrected chi connectivity index (χ4v) is 3.10. The summed E-state index contributed by atoms with van der Waals surface area (Å²) in [6, 6.07) is 0.387. The van der Waals surface area contributed by atoms with Gasteiger partial charge in [0.15, 0.2) is 0 Å². The average molecular weight is 267 g/mol. The van der Waals surface area contributed by atoms with Gasteiger partial charge in [-0.15, -0.1) is 11.3 Å². The summed E-state index contributed by atoms with van der Waals surface area (Å²) in [5.74, 6) is 0.934. The van der Waals surface area contributed by atoms with Crippen LogP contribution in [0.15, 0.2) is 10.9 Å². The molecule has 3 nitrogen and oxygen atoms in total. The van der Waals surface area contributed by atoms with Crippen LogP contribution in [0, 0.1) is 5.92 Å². The fourth-order valence-electron chi connectivity index (χ4n) is 2.45. The molecule has 2 heterocycles. The first-order valence-electron chi connectivity index (χ1n) is 7.09. The van der Waals surface area contributed by atoms with Crippen LogP contribution >= 0.6 is 11.3 Å². The number of hydrogen-bond donors (Lipinski definition) is 1. The standard InChI is InChI=1S/C14H25N3S/c1-12-4-8-17(9-5-12)7-3-6-15-13(2)14-10-18-11-16-14/h10-13,15H,3-9H2,1-2H3. The molecule has 2 rings (SSSR count). The van der Waals surface area contributed by atoms with Gasteiger partial charge < -0.3 is 10.2 Å². The Balaban J connectivity index is 1.56. The molecule has 0 bridgehead atoms. The van der Waals surface area contributed by atoms with Crippen molar-refractivity contribution in [2.45, 2.75) is 39.2 Å². The molecule has 1 aromatic rings. The van der Waals surface area contributed by atoms with E-state index >= 15 is 0 Å². The number of likely N-dealkylation sites (tertiary alicyclic amines) is 1. The third-order valence-corrected chi connectivity index (χ3v) is 4.48. The SMILES string of the molecule is CC1CCN(CCCNC(C)c2cscn2)CC1. The van der Waals surface area contributed by atoms with Crippen LogP contribution in [0.4, 0.5) is 0 Å². The van der Waals surface area contributed by atoms with E-state index in [2.05, 4.69) is 34.4 Å². The molecule has 0 aliphatic carbocycles. The Kier molecular flexibility index (Phi) is 5.60. The Morgan fingerprint density at radius 3 is 2.94 bits per heavy atom. The summed E-state index contributed by atoms with van der Waals surface area (Å²) in [4.78, 5) is 6.95. The average Bonchev–Trinajstić information content (AvgIpc) is 2.90. The van der Waals surface area contributed by atoms with Gasteiger partial charge in [0.2, 0.25) is 0 Å². The molecule has 1 fully saturated rings. The highest BCUT2D eigenvalue weighted by Gasteiger charge is 2.14. The number of aromatic nitrogens is 1. The zero-order chi connectivity index (χ0) is 12.8. The minimum absolute atomic E-state index is 0.387. The first kappa shape index (κ1) is 14.0. The number of thiazole rings is 1. The van der Waals surface area contributed by atoms with Crippen molar-refractivity contribution < 1.29 is 0 Å². The first-order valence-corrected chi connectivity index (χ1v) is 8.04. The summed E-state index contributed by atoms with van der Waals surface area (Å²) in [5, 5.41) is 5.68. The van der Waals surface area contributed by atoms with Crippen LogP contribution < -0.4 is 5.32 Å². The summed E-state index contributed by atoms with van der Waals surface area (Å²) < 4.78 is 0. The molecule has 18 heavy (non-hydrogen) atoms. The molecule has 0 spiro atoms. The molecular formula is C14H25N3S. The van der Waals surface area contributed by atoms with Crippen molar-refractivity contribution in [1.82, 2.24) is 15.2 Å². The van der Waals surface area contributed by atoms with Crippen molar-refractivity contribution >= 4 is 11.3 Å². The second kappa shape index (κ2) is 7.22. The van der Waals surface area contributed by atoms with Crippen LogP contribution in [0.25, 0.3) is 0 Å². The van der Waals surface area contributed by atoms with Gasteiger partial charge in [-0.1, -0.05) is 6.92 Å². The van der Waals surface area contributed by atoms with Crippen LogP contribution in [-0.2, 0) is 0 Å². The Morgan fingerprint density at radius 2 is 2.28 bits per heavy atom. The van der Waals surface area contributed by atoms with E-state index in [9.17, 15) is 0 Å². The molecule has 1 aliphatic rings. The lowest BCUT2D eigenvalue weighted by molar-refractivity contribution is 0.190. The van der Waals surface area contributed by atoms with Gasteiger partial charge in [0.05, 0.1) is 11.2 Å². The second-order valence-corrected chi connectivity index (χ2v) is 6.19. The fraction of sp³-hybridized carbons (Fsp3) is 0.786. The molecule has 1 atom stereocenters. The molecule has 1 aromatic heterocycles. The molecule has 0 radical (unpaired) electrons. The highest BCUT2D eigenvalue weighted by Crippen LogP contribution is 2.16. The lowest BCUT2D eigenvalue weighted by atomic mass is 9.99. The minimum Gasteiger partial charge on any atom is -0.309 e. The maximum Gasteiger partial charge on any atom is 0.0795 e. The molecule has 1 aliphatic heterocycles. The van der Waals surface area contributed by atoms with Gasteiger partial charge in [-0.2, -0.15) is 0 Å². The monoisotopic (exact) mass is 267 g/mol. The summed E-state index contributed by atoms with van der Waals surface area (Å²) in [6.07, 6.45) is 3.99. The third kappa shape index (κ3) is 4.34. The summed E-state index contributed by atoms with van der Waals surface area (Å²) in [6.45, 7) is 9.48. The Morgan fingerprint density at radius 1 is 1.50 bits per heavy atom.